The lowest BCUT2D eigenvalue weighted by Gasteiger charge is -2.36. The van der Waals surface area contributed by atoms with Crippen molar-refractivity contribution >= 4 is 16.7 Å². The van der Waals surface area contributed by atoms with E-state index in [1.165, 1.54) is 6.20 Å². The zero-order chi connectivity index (χ0) is 18.3. The van der Waals surface area contributed by atoms with E-state index in [9.17, 15) is 9.59 Å². The summed E-state index contributed by atoms with van der Waals surface area (Å²) in [6.07, 6.45) is 2.68. The summed E-state index contributed by atoms with van der Waals surface area (Å²) in [6, 6.07) is 7.69. The monoisotopic (exact) mass is 355 g/mol. The molecular formula is C20H25N3O3. The third-order valence-corrected chi connectivity index (χ3v) is 5.58. The van der Waals surface area contributed by atoms with E-state index < -0.39 is 0 Å². The highest BCUT2D eigenvalue weighted by atomic mass is 16.5. The fourth-order valence-electron chi connectivity index (χ4n) is 4.07. The molecule has 2 aliphatic rings. The molecule has 0 bridgehead atoms. The molecule has 6 heteroatoms. The standard InChI is InChI=1S/C20H25N3O3/c1-12(2)18-10-23-9-13(7-14(23)11-26-18)22-20(25)17-8-21-19(24)16-6-4-3-5-15(16)17/h3-6,8,12-14,18H,7,9-11H2,1-2H3,(H,21,24)(H,22,25)/t13-,14-,18-/m0/s1. The summed E-state index contributed by atoms with van der Waals surface area (Å²) in [4.78, 5) is 29.9. The van der Waals surface area contributed by atoms with Gasteiger partial charge in [0.25, 0.3) is 11.5 Å². The Bertz CT molecular complexity index is 876. The SMILES string of the molecule is CC(C)[C@@H]1CN2C[C@@H](NC(=O)c3c[nH]c(=O)c4ccccc34)C[C@H]2CO1. The van der Waals surface area contributed by atoms with Crippen molar-refractivity contribution < 1.29 is 9.53 Å². The van der Waals surface area contributed by atoms with E-state index in [1.807, 2.05) is 12.1 Å². The van der Waals surface area contributed by atoms with Crippen molar-refractivity contribution in [1.82, 2.24) is 15.2 Å². The Morgan fingerprint density at radius 3 is 2.81 bits per heavy atom. The predicted octanol–water partition coefficient (Wildman–Crippen LogP) is 1.76. The maximum Gasteiger partial charge on any atom is 0.255 e. The molecule has 2 aliphatic heterocycles. The summed E-state index contributed by atoms with van der Waals surface area (Å²) in [7, 11) is 0. The molecule has 1 amide bonds. The van der Waals surface area contributed by atoms with Gasteiger partial charge in [0.15, 0.2) is 0 Å². The fraction of sp³-hybridized carbons (Fsp3) is 0.500. The maximum atomic E-state index is 12.8. The van der Waals surface area contributed by atoms with Crippen molar-refractivity contribution in [1.29, 1.82) is 0 Å². The highest BCUT2D eigenvalue weighted by Gasteiger charge is 2.38. The van der Waals surface area contributed by atoms with E-state index in [2.05, 4.69) is 29.0 Å². The topological polar surface area (TPSA) is 74.4 Å². The van der Waals surface area contributed by atoms with Crippen LogP contribution in [0.4, 0.5) is 0 Å². The summed E-state index contributed by atoms with van der Waals surface area (Å²) in [5.74, 6) is 0.362. The van der Waals surface area contributed by atoms with E-state index in [0.717, 1.165) is 26.1 Å². The number of carbonyl (C=O) groups is 1. The zero-order valence-corrected chi connectivity index (χ0v) is 15.2. The minimum atomic E-state index is -0.174. The Morgan fingerprint density at radius 2 is 2.04 bits per heavy atom. The van der Waals surface area contributed by atoms with Gasteiger partial charge in [0.1, 0.15) is 0 Å². The van der Waals surface area contributed by atoms with Crippen LogP contribution in [0.25, 0.3) is 10.8 Å². The molecule has 0 saturated carbocycles. The molecule has 3 heterocycles. The van der Waals surface area contributed by atoms with Crippen molar-refractivity contribution in [3.05, 3.63) is 46.4 Å². The minimum absolute atomic E-state index is 0.104. The highest BCUT2D eigenvalue weighted by molar-refractivity contribution is 6.06. The Morgan fingerprint density at radius 1 is 1.27 bits per heavy atom. The van der Waals surface area contributed by atoms with Crippen LogP contribution in [-0.2, 0) is 4.74 Å². The lowest BCUT2D eigenvalue weighted by Crippen LogP contribution is -2.48. The van der Waals surface area contributed by atoms with Crippen LogP contribution in [0.15, 0.2) is 35.3 Å². The van der Waals surface area contributed by atoms with Crippen LogP contribution < -0.4 is 10.9 Å². The number of hydrogen-bond donors (Lipinski definition) is 2. The van der Waals surface area contributed by atoms with Crippen molar-refractivity contribution in [2.24, 2.45) is 5.92 Å². The summed E-state index contributed by atoms with van der Waals surface area (Å²) in [5, 5.41) is 4.38. The number of amides is 1. The number of aromatic amines is 1. The second-order valence-electron chi connectivity index (χ2n) is 7.71. The predicted molar refractivity (Wildman–Crippen MR) is 100 cm³/mol. The van der Waals surface area contributed by atoms with E-state index in [1.54, 1.807) is 12.1 Å². The van der Waals surface area contributed by atoms with E-state index in [-0.39, 0.29) is 23.6 Å². The molecule has 2 N–H and O–H groups in total. The quantitative estimate of drug-likeness (QED) is 0.880. The van der Waals surface area contributed by atoms with Crippen LogP contribution >= 0.6 is 0 Å². The molecule has 0 aliphatic carbocycles. The normalized spacial score (nSPS) is 26.2. The van der Waals surface area contributed by atoms with Crippen molar-refractivity contribution in [2.45, 2.75) is 38.5 Å². The van der Waals surface area contributed by atoms with E-state index >= 15 is 0 Å². The van der Waals surface area contributed by atoms with Gasteiger partial charge in [-0.2, -0.15) is 0 Å². The molecule has 0 radical (unpaired) electrons. The fourth-order valence-corrected chi connectivity index (χ4v) is 4.07. The summed E-state index contributed by atoms with van der Waals surface area (Å²) >= 11 is 0. The first-order chi connectivity index (χ1) is 12.5. The summed E-state index contributed by atoms with van der Waals surface area (Å²) in [5.41, 5.74) is 0.341. The van der Waals surface area contributed by atoms with Crippen LogP contribution in [0.2, 0.25) is 0 Å². The molecule has 1 aromatic carbocycles. The molecular weight excluding hydrogens is 330 g/mol. The zero-order valence-electron chi connectivity index (χ0n) is 15.2. The Balaban J connectivity index is 1.48. The number of carbonyl (C=O) groups excluding carboxylic acids is 1. The van der Waals surface area contributed by atoms with Gasteiger partial charge in [0, 0.05) is 42.1 Å². The van der Waals surface area contributed by atoms with E-state index in [0.29, 0.717) is 28.3 Å². The summed E-state index contributed by atoms with van der Waals surface area (Å²) in [6.45, 7) is 6.88. The summed E-state index contributed by atoms with van der Waals surface area (Å²) < 4.78 is 5.97. The van der Waals surface area contributed by atoms with Crippen LogP contribution in [0.5, 0.6) is 0 Å². The molecule has 6 nitrogen and oxygen atoms in total. The number of nitrogens with one attached hydrogen (secondary N) is 2. The van der Waals surface area contributed by atoms with Crippen molar-refractivity contribution in [3.63, 3.8) is 0 Å². The molecule has 0 unspecified atom stereocenters. The van der Waals surface area contributed by atoms with Crippen molar-refractivity contribution in [2.75, 3.05) is 19.7 Å². The average Bonchev–Trinajstić information content (AvgIpc) is 3.03. The largest absolute Gasteiger partial charge is 0.375 e. The number of morpholine rings is 1. The Kier molecular flexibility index (Phi) is 4.54. The number of nitrogens with zero attached hydrogens (tertiary/aromatic N) is 1. The maximum absolute atomic E-state index is 12.8. The number of fused-ring (bicyclic) bond motifs is 2. The van der Waals surface area contributed by atoms with Crippen LogP contribution in [0, 0.1) is 5.92 Å². The van der Waals surface area contributed by atoms with Crippen LogP contribution in [0.3, 0.4) is 0 Å². The van der Waals surface area contributed by atoms with Gasteiger partial charge in [-0.25, -0.2) is 0 Å². The van der Waals surface area contributed by atoms with Crippen LogP contribution in [0.1, 0.15) is 30.6 Å². The smallest absolute Gasteiger partial charge is 0.255 e. The molecule has 2 aromatic rings. The van der Waals surface area contributed by atoms with Gasteiger partial charge in [-0.3, -0.25) is 14.5 Å². The molecule has 2 fully saturated rings. The number of rotatable bonds is 3. The number of pyridine rings is 1. The molecule has 0 spiro atoms. The molecule has 2 saturated heterocycles. The first-order valence-electron chi connectivity index (χ1n) is 9.30. The first-order valence-corrected chi connectivity index (χ1v) is 9.30. The van der Waals surface area contributed by atoms with Gasteiger partial charge in [0.2, 0.25) is 0 Å². The van der Waals surface area contributed by atoms with Gasteiger partial charge in [-0.1, -0.05) is 32.0 Å². The highest BCUT2D eigenvalue weighted by Crippen LogP contribution is 2.26. The second-order valence-corrected chi connectivity index (χ2v) is 7.71. The van der Waals surface area contributed by atoms with Gasteiger partial charge >= 0.3 is 0 Å². The number of hydrogen-bond acceptors (Lipinski definition) is 4. The number of ether oxygens (including phenoxy) is 1. The molecule has 1 aromatic heterocycles. The molecule has 26 heavy (non-hydrogen) atoms. The van der Waals surface area contributed by atoms with Gasteiger partial charge in [0.05, 0.1) is 18.3 Å². The van der Waals surface area contributed by atoms with Crippen LogP contribution in [-0.4, -0.2) is 53.7 Å². The second kappa shape index (κ2) is 6.85. The third kappa shape index (κ3) is 3.15. The number of benzene rings is 1. The third-order valence-electron chi connectivity index (χ3n) is 5.58. The van der Waals surface area contributed by atoms with Gasteiger partial charge in [-0.05, 0) is 18.4 Å². The Hall–Kier alpha value is -2.18. The lowest BCUT2D eigenvalue weighted by atomic mass is 10.0. The first kappa shape index (κ1) is 17.2. The number of H-pyrrole nitrogens is 1. The van der Waals surface area contributed by atoms with Gasteiger partial charge < -0.3 is 15.0 Å². The lowest BCUT2D eigenvalue weighted by molar-refractivity contribution is -0.0683. The molecule has 3 atom stereocenters. The molecule has 4 rings (SSSR count). The van der Waals surface area contributed by atoms with Gasteiger partial charge in [-0.15, -0.1) is 0 Å². The number of aromatic nitrogens is 1. The molecule has 138 valence electrons. The average molecular weight is 355 g/mol. The van der Waals surface area contributed by atoms with E-state index in [4.69, 9.17) is 4.74 Å². The van der Waals surface area contributed by atoms with Crippen molar-refractivity contribution in [3.8, 4) is 0 Å². The minimum Gasteiger partial charge on any atom is -0.375 e. The Labute approximate surface area is 152 Å².